The van der Waals surface area contributed by atoms with Crippen molar-refractivity contribution in [1.82, 2.24) is 0 Å². The molecule has 0 aliphatic carbocycles. The van der Waals surface area contributed by atoms with Crippen molar-refractivity contribution in [3.63, 3.8) is 0 Å². The van der Waals surface area contributed by atoms with E-state index in [1.54, 1.807) is 24.3 Å². The highest BCUT2D eigenvalue weighted by atomic mass is 32.2. The summed E-state index contributed by atoms with van der Waals surface area (Å²) in [6, 6.07) is 23.3. The van der Waals surface area contributed by atoms with Crippen LogP contribution in [0.15, 0.2) is 88.9 Å². The van der Waals surface area contributed by atoms with Crippen LogP contribution in [0.5, 0.6) is 5.75 Å². The molecule has 6 nitrogen and oxygen atoms in total. The van der Waals surface area contributed by atoms with E-state index in [-0.39, 0.29) is 16.7 Å². The van der Waals surface area contributed by atoms with Gasteiger partial charge in [-0.25, -0.2) is 13.6 Å². The second-order valence-corrected chi connectivity index (χ2v) is 8.17. The standard InChI is InChI=1S/C21H19N3O3S/c22-28(26,27)19-12-8-17(9-13-19)24-21(16-4-2-1-3-5-16)14-20(23-24)15-6-10-18(25)11-7-15/h1-13,21,25H,14H2,(H2,22,26,27). The van der Waals surface area contributed by atoms with Crippen molar-refractivity contribution >= 4 is 21.4 Å². The molecule has 1 heterocycles. The Morgan fingerprint density at radius 1 is 0.929 bits per heavy atom. The van der Waals surface area contributed by atoms with Gasteiger partial charge in [0.25, 0.3) is 0 Å². The lowest BCUT2D eigenvalue weighted by Crippen LogP contribution is -2.19. The molecule has 3 aromatic rings. The first-order valence-corrected chi connectivity index (χ1v) is 10.3. The highest BCUT2D eigenvalue weighted by Crippen LogP contribution is 2.37. The maximum Gasteiger partial charge on any atom is 0.238 e. The number of benzene rings is 3. The average molecular weight is 393 g/mol. The summed E-state index contributed by atoms with van der Waals surface area (Å²) in [5.41, 5.74) is 3.71. The van der Waals surface area contributed by atoms with Gasteiger partial charge in [0.2, 0.25) is 10.0 Å². The van der Waals surface area contributed by atoms with E-state index in [1.165, 1.54) is 12.1 Å². The first-order chi connectivity index (χ1) is 13.4. The molecular formula is C21H19N3O3S. The summed E-state index contributed by atoms with van der Waals surface area (Å²) in [7, 11) is -3.74. The smallest absolute Gasteiger partial charge is 0.238 e. The fourth-order valence-corrected chi connectivity index (χ4v) is 3.82. The fraction of sp³-hybridized carbons (Fsp3) is 0.0952. The Morgan fingerprint density at radius 3 is 2.18 bits per heavy atom. The van der Waals surface area contributed by atoms with E-state index >= 15 is 0 Å². The van der Waals surface area contributed by atoms with Crippen LogP contribution in [0.25, 0.3) is 0 Å². The summed E-state index contributed by atoms with van der Waals surface area (Å²) in [6.45, 7) is 0. The molecule has 3 aromatic carbocycles. The van der Waals surface area contributed by atoms with Crippen molar-refractivity contribution in [2.75, 3.05) is 5.01 Å². The van der Waals surface area contributed by atoms with Gasteiger partial charge in [-0.05, 0) is 59.7 Å². The number of hydrogen-bond acceptors (Lipinski definition) is 5. The Hall–Kier alpha value is -3.16. The van der Waals surface area contributed by atoms with Gasteiger partial charge in [0, 0.05) is 6.42 Å². The van der Waals surface area contributed by atoms with Gasteiger partial charge < -0.3 is 5.11 Å². The van der Waals surface area contributed by atoms with Crippen molar-refractivity contribution in [2.24, 2.45) is 10.2 Å². The predicted octanol–water partition coefficient (Wildman–Crippen LogP) is 3.40. The molecule has 0 amide bonds. The lowest BCUT2D eigenvalue weighted by atomic mass is 9.98. The van der Waals surface area contributed by atoms with Crippen LogP contribution < -0.4 is 10.1 Å². The highest BCUT2D eigenvalue weighted by molar-refractivity contribution is 7.89. The molecule has 0 radical (unpaired) electrons. The molecule has 0 saturated heterocycles. The number of hydrazone groups is 1. The number of aromatic hydroxyl groups is 1. The topological polar surface area (TPSA) is 96.0 Å². The lowest BCUT2D eigenvalue weighted by Gasteiger charge is -2.24. The van der Waals surface area contributed by atoms with Crippen LogP contribution in [0.1, 0.15) is 23.6 Å². The zero-order valence-electron chi connectivity index (χ0n) is 14.9. The predicted molar refractivity (Wildman–Crippen MR) is 109 cm³/mol. The van der Waals surface area contributed by atoms with E-state index in [9.17, 15) is 13.5 Å². The van der Waals surface area contributed by atoms with Crippen molar-refractivity contribution < 1.29 is 13.5 Å². The molecule has 1 aliphatic rings. The number of hydrogen-bond donors (Lipinski definition) is 2. The third-order valence-electron chi connectivity index (χ3n) is 4.73. The molecule has 0 aromatic heterocycles. The summed E-state index contributed by atoms with van der Waals surface area (Å²) in [4.78, 5) is 0.0643. The van der Waals surface area contributed by atoms with Gasteiger partial charge in [-0.3, -0.25) is 5.01 Å². The maximum absolute atomic E-state index is 11.5. The van der Waals surface area contributed by atoms with Crippen LogP contribution in [0.2, 0.25) is 0 Å². The van der Waals surface area contributed by atoms with Gasteiger partial charge in [-0.1, -0.05) is 30.3 Å². The third kappa shape index (κ3) is 3.62. The molecule has 1 aliphatic heterocycles. The molecular weight excluding hydrogens is 374 g/mol. The number of sulfonamides is 1. The summed E-state index contributed by atoms with van der Waals surface area (Å²) in [5.74, 6) is 0.206. The van der Waals surface area contributed by atoms with Crippen molar-refractivity contribution in [1.29, 1.82) is 0 Å². The van der Waals surface area contributed by atoms with E-state index in [1.807, 2.05) is 47.5 Å². The largest absolute Gasteiger partial charge is 0.508 e. The normalized spacial score (nSPS) is 16.8. The average Bonchev–Trinajstić information content (AvgIpc) is 3.14. The van der Waals surface area contributed by atoms with Crippen LogP contribution in [-0.4, -0.2) is 19.2 Å². The molecule has 7 heteroatoms. The van der Waals surface area contributed by atoms with Crippen LogP contribution in [0.4, 0.5) is 5.69 Å². The van der Waals surface area contributed by atoms with E-state index in [2.05, 4.69) is 0 Å². The van der Waals surface area contributed by atoms with Crippen LogP contribution >= 0.6 is 0 Å². The lowest BCUT2D eigenvalue weighted by molar-refractivity contribution is 0.475. The van der Waals surface area contributed by atoms with Crippen molar-refractivity contribution in [3.8, 4) is 5.75 Å². The van der Waals surface area contributed by atoms with Gasteiger partial charge in [-0.15, -0.1) is 0 Å². The second kappa shape index (κ2) is 7.10. The number of phenols is 1. The molecule has 0 spiro atoms. The van der Waals surface area contributed by atoms with E-state index in [0.29, 0.717) is 6.42 Å². The SMILES string of the molecule is NS(=O)(=O)c1ccc(N2N=C(c3ccc(O)cc3)CC2c2ccccc2)cc1. The number of rotatable bonds is 4. The van der Waals surface area contributed by atoms with Crippen molar-refractivity contribution in [2.45, 2.75) is 17.4 Å². The van der Waals surface area contributed by atoms with E-state index in [4.69, 9.17) is 10.2 Å². The molecule has 1 atom stereocenters. The Balaban J connectivity index is 1.74. The van der Waals surface area contributed by atoms with Gasteiger partial charge in [0.15, 0.2) is 0 Å². The maximum atomic E-state index is 11.5. The number of primary sulfonamides is 1. The second-order valence-electron chi connectivity index (χ2n) is 6.61. The Morgan fingerprint density at radius 2 is 1.57 bits per heavy atom. The summed E-state index contributed by atoms with van der Waals surface area (Å²) in [6.07, 6.45) is 0.686. The minimum Gasteiger partial charge on any atom is -0.508 e. The van der Waals surface area contributed by atoms with Crippen LogP contribution in [0.3, 0.4) is 0 Å². The first kappa shape index (κ1) is 18.2. The fourth-order valence-electron chi connectivity index (χ4n) is 3.30. The molecule has 0 saturated carbocycles. The van der Waals surface area contributed by atoms with Gasteiger partial charge >= 0.3 is 0 Å². The Labute approximate surface area is 163 Å². The van der Waals surface area contributed by atoms with Gasteiger partial charge in [-0.2, -0.15) is 5.10 Å². The monoisotopic (exact) mass is 393 g/mol. The molecule has 1 unspecified atom stereocenters. The number of nitrogens with zero attached hydrogens (tertiary/aromatic N) is 2. The Bertz CT molecular complexity index is 1110. The quantitative estimate of drug-likeness (QED) is 0.710. The number of phenolic OH excluding ortho intramolecular Hbond substituents is 1. The molecule has 142 valence electrons. The third-order valence-corrected chi connectivity index (χ3v) is 5.65. The summed E-state index contributed by atoms with van der Waals surface area (Å²) < 4.78 is 23.1. The summed E-state index contributed by atoms with van der Waals surface area (Å²) >= 11 is 0. The zero-order chi connectivity index (χ0) is 19.7. The minimum atomic E-state index is -3.74. The molecule has 4 rings (SSSR count). The highest BCUT2D eigenvalue weighted by Gasteiger charge is 2.30. The number of anilines is 1. The molecule has 0 bridgehead atoms. The molecule has 28 heavy (non-hydrogen) atoms. The summed E-state index contributed by atoms with van der Waals surface area (Å²) in [5, 5.41) is 21.4. The Kier molecular flexibility index (Phi) is 4.62. The van der Waals surface area contributed by atoms with Crippen molar-refractivity contribution in [3.05, 3.63) is 90.0 Å². The minimum absolute atomic E-state index is 0.0228. The number of nitrogens with two attached hydrogens (primary N) is 1. The van der Waals surface area contributed by atoms with Crippen LogP contribution in [0, 0.1) is 0 Å². The molecule has 0 fully saturated rings. The van der Waals surface area contributed by atoms with Gasteiger partial charge in [0.1, 0.15) is 5.75 Å². The van der Waals surface area contributed by atoms with Gasteiger partial charge in [0.05, 0.1) is 22.3 Å². The first-order valence-electron chi connectivity index (χ1n) is 8.76. The van der Waals surface area contributed by atoms with E-state index in [0.717, 1.165) is 22.5 Å². The molecule has 3 N–H and O–H groups in total. The zero-order valence-corrected chi connectivity index (χ0v) is 15.8. The van der Waals surface area contributed by atoms with E-state index < -0.39 is 10.0 Å². The van der Waals surface area contributed by atoms with Crippen LogP contribution in [-0.2, 0) is 10.0 Å².